The molecular formula is C14H22N2O2. The van der Waals surface area contributed by atoms with E-state index in [9.17, 15) is 0 Å². The van der Waals surface area contributed by atoms with Crippen molar-refractivity contribution in [2.45, 2.75) is 12.3 Å². The van der Waals surface area contributed by atoms with Crippen LogP contribution in [0.1, 0.15) is 17.9 Å². The third-order valence-electron chi connectivity index (χ3n) is 3.75. The molecule has 0 aromatic heterocycles. The Hall–Kier alpha value is -1.26. The number of nitrogens with two attached hydrogens (primary N) is 1. The lowest BCUT2D eigenvalue weighted by Gasteiger charge is -2.32. The molecule has 1 fully saturated rings. The first kappa shape index (κ1) is 13.2. The normalized spacial score (nSPS) is 23.7. The minimum atomic E-state index is 0.497. The van der Waals surface area contributed by atoms with Crippen LogP contribution >= 0.6 is 0 Å². The minimum Gasteiger partial charge on any atom is -0.493 e. The molecule has 0 amide bonds. The minimum absolute atomic E-state index is 0.497. The van der Waals surface area contributed by atoms with E-state index in [1.165, 1.54) is 5.56 Å². The molecule has 0 radical (unpaired) electrons. The van der Waals surface area contributed by atoms with Crippen molar-refractivity contribution in [1.82, 2.24) is 5.32 Å². The molecule has 1 heterocycles. The number of piperidine rings is 1. The van der Waals surface area contributed by atoms with Crippen LogP contribution < -0.4 is 20.5 Å². The van der Waals surface area contributed by atoms with Crippen LogP contribution in [0.4, 0.5) is 0 Å². The summed E-state index contributed by atoms with van der Waals surface area (Å²) in [5.41, 5.74) is 7.16. The Kier molecular flexibility index (Phi) is 4.44. The Morgan fingerprint density at radius 1 is 1.28 bits per heavy atom. The average molecular weight is 250 g/mol. The molecule has 18 heavy (non-hydrogen) atoms. The van der Waals surface area contributed by atoms with E-state index in [0.717, 1.165) is 31.0 Å². The Morgan fingerprint density at radius 3 is 2.72 bits per heavy atom. The molecule has 0 spiro atoms. The molecule has 2 rings (SSSR count). The van der Waals surface area contributed by atoms with Crippen LogP contribution in [0, 0.1) is 5.92 Å². The molecule has 1 aromatic carbocycles. The molecule has 100 valence electrons. The molecule has 4 heteroatoms. The van der Waals surface area contributed by atoms with Crippen molar-refractivity contribution in [3.63, 3.8) is 0 Å². The third-order valence-corrected chi connectivity index (χ3v) is 3.75. The molecule has 0 bridgehead atoms. The number of nitrogens with one attached hydrogen (secondary N) is 1. The molecular weight excluding hydrogens is 228 g/mol. The summed E-state index contributed by atoms with van der Waals surface area (Å²) in [5.74, 6) is 2.58. The lowest BCUT2D eigenvalue weighted by atomic mass is 9.81. The summed E-state index contributed by atoms with van der Waals surface area (Å²) < 4.78 is 10.6. The molecule has 2 unspecified atom stereocenters. The second kappa shape index (κ2) is 6.07. The summed E-state index contributed by atoms with van der Waals surface area (Å²) >= 11 is 0. The molecule has 1 aliphatic heterocycles. The topological polar surface area (TPSA) is 56.5 Å². The number of hydrogen-bond acceptors (Lipinski definition) is 4. The van der Waals surface area contributed by atoms with Crippen molar-refractivity contribution in [3.8, 4) is 11.5 Å². The maximum absolute atomic E-state index is 5.86. The highest BCUT2D eigenvalue weighted by Crippen LogP contribution is 2.35. The number of ether oxygens (including phenoxy) is 2. The van der Waals surface area contributed by atoms with Gasteiger partial charge in [0.1, 0.15) is 0 Å². The van der Waals surface area contributed by atoms with Gasteiger partial charge >= 0.3 is 0 Å². The van der Waals surface area contributed by atoms with Gasteiger partial charge in [0, 0.05) is 0 Å². The summed E-state index contributed by atoms with van der Waals surface area (Å²) in [6.07, 6.45) is 1.12. The maximum Gasteiger partial charge on any atom is 0.160 e. The Balaban J connectivity index is 2.26. The zero-order chi connectivity index (χ0) is 13.0. The predicted molar refractivity (Wildman–Crippen MR) is 72.3 cm³/mol. The highest BCUT2D eigenvalue weighted by molar-refractivity contribution is 5.44. The molecule has 2 atom stereocenters. The van der Waals surface area contributed by atoms with E-state index in [4.69, 9.17) is 15.2 Å². The van der Waals surface area contributed by atoms with Gasteiger partial charge in [0.15, 0.2) is 11.5 Å². The van der Waals surface area contributed by atoms with E-state index in [0.29, 0.717) is 18.4 Å². The summed E-state index contributed by atoms with van der Waals surface area (Å²) in [5, 5.41) is 3.40. The number of rotatable bonds is 4. The van der Waals surface area contributed by atoms with E-state index in [1.807, 2.05) is 6.07 Å². The van der Waals surface area contributed by atoms with Crippen molar-refractivity contribution in [1.29, 1.82) is 0 Å². The molecule has 1 aliphatic rings. The van der Waals surface area contributed by atoms with Crippen LogP contribution in [0.25, 0.3) is 0 Å². The highest BCUT2D eigenvalue weighted by atomic mass is 16.5. The van der Waals surface area contributed by atoms with Gasteiger partial charge in [-0.25, -0.2) is 0 Å². The van der Waals surface area contributed by atoms with Gasteiger partial charge in [-0.05, 0) is 55.6 Å². The summed E-state index contributed by atoms with van der Waals surface area (Å²) in [6, 6.07) is 6.18. The van der Waals surface area contributed by atoms with Crippen LogP contribution in [0.2, 0.25) is 0 Å². The first-order valence-electron chi connectivity index (χ1n) is 6.42. The van der Waals surface area contributed by atoms with Crippen molar-refractivity contribution < 1.29 is 9.47 Å². The number of methoxy groups -OCH3 is 2. The lowest BCUT2D eigenvalue weighted by molar-refractivity contribution is 0.328. The van der Waals surface area contributed by atoms with E-state index in [-0.39, 0.29) is 0 Å². The third kappa shape index (κ3) is 2.60. The maximum atomic E-state index is 5.86. The van der Waals surface area contributed by atoms with E-state index < -0.39 is 0 Å². The van der Waals surface area contributed by atoms with E-state index in [2.05, 4.69) is 17.4 Å². The van der Waals surface area contributed by atoms with Gasteiger partial charge in [0.25, 0.3) is 0 Å². The highest BCUT2D eigenvalue weighted by Gasteiger charge is 2.25. The van der Waals surface area contributed by atoms with Gasteiger partial charge in [0.05, 0.1) is 14.2 Å². The Bertz CT molecular complexity index is 395. The van der Waals surface area contributed by atoms with Gasteiger partial charge in [-0.2, -0.15) is 0 Å². The smallest absolute Gasteiger partial charge is 0.160 e. The SMILES string of the molecule is COc1ccc(C2CCNCC2CN)cc1OC. The fourth-order valence-corrected chi connectivity index (χ4v) is 2.69. The molecule has 0 aliphatic carbocycles. The van der Waals surface area contributed by atoms with E-state index >= 15 is 0 Å². The fraction of sp³-hybridized carbons (Fsp3) is 0.571. The van der Waals surface area contributed by atoms with Gasteiger partial charge in [-0.15, -0.1) is 0 Å². The predicted octanol–water partition coefficient (Wildman–Crippen LogP) is 1.36. The van der Waals surface area contributed by atoms with Gasteiger partial charge in [-0.3, -0.25) is 0 Å². The Morgan fingerprint density at radius 2 is 2.06 bits per heavy atom. The van der Waals surface area contributed by atoms with Crippen LogP contribution in [0.3, 0.4) is 0 Å². The standard InChI is InChI=1S/C14H22N2O2/c1-17-13-4-3-10(7-14(13)18-2)12-5-6-16-9-11(12)8-15/h3-4,7,11-12,16H,5-6,8-9,15H2,1-2H3. The number of hydrogen-bond donors (Lipinski definition) is 2. The van der Waals surface area contributed by atoms with Crippen LogP contribution in [-0.2, 0) is 0 Å². The molecule has 0 saturated carbocycles. The van der Waals surface area contributed by atoms with Crippen molar-refractivity contribution >= 4 is 0 Å². The first-order valence-corrected chi connectivity index (χ1v) is 6.42. The second-order valence-corrected chi connectivity index (χ2v) is 4.71. The quantitative estimate of drug-likeness (QED) is 0.847. The molecule has 1 aromatic rings. The first-order chi connectivity index (χ1) is 8.80. The van der Waals surface area contributed by atoms with Crippen molar-refractivity contribution in [2.24, 2.45) is 11.7 Å². The Labute approximate surface area is 108 Å². The fourth-order valence-electron chi connectivity index (χ4n) is 2.69. The molecule has 1 saturated heterocycles. The van der Waals surface area contributed by atoms with Gasteiger partial charge in [-0.1, -0.05) is 6.07 Å². The molecule has 4 nitrogen and oxygen atoms in total. The zero-order valence-corrected chi connectivity index (χ0v) is 11.1. The van der Waals surface area contributed by atoms with Crippen LogP contribution in [-0.4, -0.2) is 33.9 Å². The largest absolute Gasteiger partial charge is 0.493 e. The summed E-state index contributed by atoms with van der Waals surface area (Å²) in [4.78, 5) is 0. The monoisotopic (exact) mass is 250 g/mol. The van der Waals surface area contributed by atoms with E-state index in [1.54, 1.807) is 14.2 Å². The lowest BCUT2D eigenvalue weighted by Crippen LogP contribution is -2.39. The van der Waals surface area contributed by atoms with Crippen LogP contribution in [0.15, 0.2) is 18.2 Å². The zero-order valence-electron chi connectivity index (χ0n) is 11.1. The van der Waals surface area contributed by atoms with Crippen LogP contribution in [0.5, 0.6) is 11.5 Å². The number of benzene rings is 1. The molecule has 3 N–H and O–H groups in total. The van der Waals surface area contributed by atoms with Crippen molar-refractivity contribution in [3.05, 3.63) is 23.8 Å². The van der Waals surface area contributed by atoms with Crippen molar-refractivity contribution in [2.75, 3.05) is 33.9 Å². The van der Waals surface area contributed by atoms with Gasteiger partial charge in [0.2, 0.25) is 0 Å². The average Bonchev–Trinajstić information content (AvgIpc) is 2.46. The van der Waals surface area contributed by atoms with Gasteiger partial charge < -0.3 is 20.5 Å². The summed E-state index contributed by atoms with van der Waals surface area (Å²) in [7, 11) is 3.33. The second-order valence-electron chi connectivity index (χ2n) is 4.71. The summed E-state index contributed by atoms with van der Waals surface area (Å²) in [6.45, 7) is 2.76.